The van der Waals surface area contributed by atoms with Crippen molar-refractivity contribution in [2.24, 2.45) is 0 Å². The number of ether oxygens (including phenoxy) is 2. The quantitative estimate of drug-likeness (QED) is 0.932. The molecule has 0 unspecified atom stereocenters. The molecule has 0 spiro atoms. The highest BCUT2D eigenvalue weighted by atomic mass is 35.5. The molecule has 6 heteroatoms. The first-order chi connectivity index (χ1) is 10.1. The van der Waals surface area contributed by atoms with E-state index in [0.717, 1.165) is 18.4 Å². The van der Waals surface area contributed by atoms with Gasteiger partial charge in [-0.15, -0.1) is 0 Å². The molecule has 21 heavy (non-hydrogen) atoms. The van der Waals surface area contributed by atoms with E-state index in [1.54, 1.807) is 26.3 Å². The summed E-state index contributed by atoms with van der Waals surface area (Å²) in [6, 6.07) is 3.69. The van der Waals surface area contributed by atoms with Gasteiger partial charge in [-0.3, -0.25) is 0 Å². The van der Waals surface area contributed by atoms with E-state index in [4.69, 9.17) is 26.8 Å². The molecule has 1 aliphatic carbocycles. The van der Waals surface area contributed by atoms with Crippen LogP contribution < -0.4 is 15.2 Å². The fraction of sp³-hybridized carbons (Fsp3) is 0.333. The van der Waals surface area contributed by atoms with E-state index in [1.807, 2.05) is 6.07 Å². The van der Waals surface area contributed by atoms with Crippen LogP contribution in [-0.2, 0) is 0 Å². The molecule has 5 nitrogen and oxygen atoms in total. The number of hydrogen-bond donors (Lipinski definition) is 1. The van der Waals surface area contributed by atoms with Crippen molar-refractivity contribution in [3.8, 4) is 17.2 Å². The van der Waals surface area contributed by atoms with Gasteiger partial charge in [0.05, 0.1) is 18.3 Å². The van der Waals surface area contributed by atoms with E-state index in [-0.39, 0.29) is 0 Å². The van der Waals surface area contributed by atoms with E-state index in [2.05, 4.69) is 9.97 Å². The fourth-order valence-electron chi connectivity index (χ4n) is 2.18. The van der Waals surface area contributed by atoms with Gasteiger partial charge in [0.2, 0.25) is 0 Å². The second-order valence-corrected chi connectivity index (χ2v) is 5.47. The Morgan fingerprint density at radius 1 is 1.24 bits per heavy atom. The Balaban J connectivity index is 1.99. The number of benzene rings is 1. The zero-order valence-electron chi connectivity index (χ0n) is 11.9. The molecule has 1 aromatic carbocycles. The van der Waals surface area contributed by atoms with Gasteiger partial charge in [0, 0.05) is 11.6 Å². The first kappa shape index (κ1) is 13.9. The maximum atomic E-state index is 6.19. The number of nitrogens with two attached hydrogens (primary N) is 1. The van der Waals surface area contributed by atoms with Crippen LogP contribution in [0.4, 0.5) is 5.82 Å². The fourth-order valence-corrected chi connectivity index (χ4v) is 2.41. The van der Waals surface area contributed by atoms with Crippen molar-refractivity contribution in [3.63, 3.8) is 0 Å². The highest BCUT2D eigenvalue weighted by Crippen LogP contribution is 2.48. The number of aromatic nitrogens is 2. The summed E-state index contributed by atoms with van der Waals surface area (Å²) in [5.41, 5.74) is 6.95. The van der Waals surface area contributed by atoms with E-state index in [0.29, 0.717) is 39.8 Å². The van der Waals surface area contributed by atoms with Crippen molar-refractivity contribution < 1.29 is 9.47 Å². The normalized spacial score (nSPS) is 14.0. The molecule has 2 N–H and O–H groups in total. The van der Waals surface area contributed by atoms with Crippen LogP contribution in [0.25, 0.3) is 0 Å². The Bertz CT molecular complexity index is 687. The Kier molecular flexibility index (Phi) is 3.59. The maximum Gasteiger partial charge on any atom is 0.187 e. The second-order valence-electron chi connectivity index (χ2n) is 5.07. The molecule has 110 valence electrons. The number of nitrogens with zero attached hydrogens (tertiary/aromatic N) is 2. The van der Waals surface area contributed by atoms with Gasteiger partial charge in [0.1, 0.15) is 17.3 Å². The third-order valence-electron chi connectivity index (χ3n) is 3.42. The average Bonchev–Trinajstić information content (AvgIpc) is 3.26. The van der Waals surface area contributed by atoms with Crippen LogP contribution in [0.5, 0.6) is 17.2 Å². The lowest BCUT2D eigenvalue weighted by Crippen LogP contribution is -2.00. The van der Waals surface area contributed by atoms with Gasteiger partial charge in [0.25, 0.3) is 0 Å². The molecule has 1 heterocycles. The van der Waals surface area contributed by atoms with Gasteiger partial charge >= 0.3 is 0 Å². The van der Waals surface area contributed by atoms with Crippen molar-refractivity contribution in [3.05, 3.63) is 34.7 Å². The number of anilines is 1. The van der Waals surface area contributed by atoms with Crippen molar-refractivity contribution in [1.82, 2.24) is 9.97 Å². The number of aryl methyl sites for hydroxylation is 1. The van der Waals surface area contributed by atoms with Crippen molar-refractivity contribution >= 4 is 17.4 Å². The van der Waals surface area contributed by atoms with E-state index >= 15 is 0 Å². The Morgan fingerprint density at radius 2 is 2.00 bits per heavy atom. The zero-order valence-corrected chi connectivity index (χ0v) is 12.6. The van der Waals surface area contributed by atoms with Crippen molar-refractivity contribution in [2.45, 2.75) is 25.7 Å². The largest absolute Gasteiger partial charge is 0.495 e. The van der Waals surface area contributed by atoms with Gasteiger partial charge < -0.3 is 15.2 Å². The van der Waals surface area contributed by atoms with E-state index in [9.17, 15) is 0 Å². The Labute approximate surface area is 128 Å². The predicted octanol–water partition coefficient (Wildman–Crippen LogP) is 3.70. The monoisotopic (exact) mass is 305 g/mol. The SMILES string of the molecule is COc1cc(C2CC2)c(Oc2cnc(C)nc2N)cc1Cl. The summed E-state index contributed by atoms with van der Waals surface area (Å²) in [5, 5.41) is 0.503. The first-order valence-corrected chi connectivity index (χ1v) is 7.10. The molecule has 0 aliphatic heterocycles. The average molecular weight is 306 g/mol. The predicted molar refractivity (Wildman–Crippen MR) is 81.2 cm³/mol. The number of rotatable bonds is 4. The third kappa shape index (κ3) is 2.88. The van der Waals surface area contributed by atoms with Crippen LogP contribution >= 0.6 is 11.6 Å². The number of nitrogen functional groups attached to an aromatic ring is 1. The number of halogens is 1. The van der Waals surface area contributed by atoms with Crippen LogP contribution in [0, 0.1) is 6.92 Å². The molecule has 1 fully saturated rings. The first-order valence-electron chi connectivity index (χ1n) is 6.73. The molecule has 3 rings (SSSR count). The Hall–Kier alpha value is -2.01. The summed E-state index contributed by atoms with van der Waals surface area (Å²) >= 11 is 6.19. The molecular formula is C15H16ClN3O2. The lowest BCUT2D eigenvalue weighted by Gasteiger charge is -2.14. The van der Waals surface area contributed by atoms with Crippen LogP contribution in [0.3, 0.4) is 0 Å². The highest BCUT2D eigenvalue weighted by molar-refractivity contribution is 6.32. The summed E-state index contributed by atoms with van der Waals surface area (Å²) in [7, 11) is 1.60. The highest BCUT2D eigenvalue weighted by Gasteiger charge is 2.28. The summed E-state index contributed by atoms with van der Waals surface area (Å²) in [6.45, 7) is 1.78. The van der Waals surface area contributed by atoms with Crippen LogP contribution in [-0.4, -0.2) is 17.1 Å². The molecular weight excluding hydrogens is 290 g/mol. The molecule has 0 amide bonds. The second kappa shape index (κ2) is 5.41. The maximum absolute atomic E-state index is 6.19. The van der Waals surface area contributed by atoms with Crippen molar-refractivity contribution in [1.29, 1.82) is 0 Å². The molecule has 1 aliphatic rings. The number of methoxy groups -OCH3 is 1. The van der Waals surface area contributed by atoms with Crippen LogP contribution in [0.1, 0.15) is 30.1 Å². The standard InChI is InChI=1S/C15H16ClN3O2/c1-8-18-7-14(15(17)19-8)21-12-6-11(16)13(20-2)5-10(12)9-3-4-9/h5-7,9H,3-4H2,1-2H3,(H2,17,18,19). The summed E-state index contributed by atoms with van der Waals surface area (Å²) in [6.07, 6.45) is 3.86. The van der Waals surface area contributed by atoms with Gasteiger partial charge in [-0.05, 0) is 31.7 Å². The molecule has 0 radical (unpaired) electrons. The topological polar surface area (TPSA) is 70.3 Å². The molecule has 2 aromatic rings. The molecule has 0 atom stereocenters. The van der Waals surface area contributed by atoms with E-state index in [1.165, 1.54) is 0 Å². The van der Waals surface area contributed by atoms with E-state index < -0.39 is 0 Å². The van der Waals surface area contributed by atoms with Gasteiger partial charge in [-0.25, -0.2) is 9.97 Å². The summed E-state index contributed by atoms with van der Waals surface area (Å²) in [5.74, 6) is 3.18. The minimum atomic E-state index is 0.316. The van der Waals surface area contributed by atoms with Gasteiger partial charge in [-0.1, -0.05) is 11.6 Å². The van der Waals surface area contributed by atoms with Crippen molar-refractivity contribution in [2.75, 3.05) is 12.8 Å². The molecule has 1 saturated carbocycles. The summed E-state index contributed by atoms with van der Waals surface area (Å²) < 4.78 is 11.2. The van der Waals surface area contributed by atoms with Gasteiger partial charge in [0.15, 0.2) is 11.6 Å². The smallest absolute Gasteiger partial charge is 0.187 e. The zero-order chi connectivity index (χ0) is 15.0. The third-order valence-corrected chi connectivity index (χ3v) is 3.72. The lowest BCUT2D eigenvalue weighted by molar-refractivity contribution is 0.411. The molecule has 0 bridgehead atoms. The van der Waals surface area contributed by atoms with Gasteiger partial charge in [-0.2, -0.15) is 0 Å². The number of hydrogen-bond acceptors (Lipinski definition) is 5. The molecule has 1 aromatic heterocycles. The van der Waals surface area contributed by atoms with Crippen LogP contribution in [0.2, 0.25) is 5.02 Å². The minimum absolute atomic E-state index is 0.316. The Morgan fingerprint density at radius 3 is 2.62 bits per heavy atom. The molecule has 0 saturated heterocycles. The lowest BCUT2D eigenvalue weighted by atomic mass is 10.1. The minimum Gasteiger partial charge on any atom is -0.495 e. The summed E-state index contributed by atoms with van der Waals surface area (Å²) in [4.78, 5) is 8.21. The van der Waals surface area contributed by atoms with Crippen LogP contribution in [0.15, 0.2) is 18.3 Å².